The zero-order valence-electron chi connectivity index (χ0n) is 8.38. The van der Waals surface area contributed by atoms with Crippen LogP contribution in [-0.2, 0) is 12.8 Å². The minimum atomic E-state index is 0.958. The van der Waals surface area contributed by atoms with Gasteiger partial charge in [-0.2, -0.15) is 0 Å². The smallest absolute Gasteiger partial charge is 0.145 e. The minimum Gasteiger partial charge on any atom is -0.360 e. The van der Waals surface area contributed by atoms with Gasteiger partial charge in [-0.1, -0.05) is 27.2 Å². The molecule has 76 valence electrons. The second-order valence-electron chi connectivity index (χ2n) is 3.87. The van der Waals surface area contributed by atoms with Gasteiger partial charge >= 0.3 is 0 Å². The van der Waals surface area contributed by atoms with Crippen molar-refractivity contribution in [3.8, 4) is 11.1 Å². The Hall–Kier alpha value is -1.09. The fraction of sp³-hybridized carbons (Fsp3) is 0.250. The van der Waals surface area contributed by atoms with E-state index in [1.807, 2.05) is 6.92 Å². The molecule has 0 amide bonds. The normalized spacial score (nSPS) is 13.5. The van der Waals surface area contributed by atoms with Gasteiger partial charge in [-0.05, 0) is 36.6 Å². The number of fused-ring (bicyclic) bond motifs is 3. The first-order valence-electron chi connectivity index (χ1n) is 4.99. The van der Waals surface area contributed by atoms with Crippen LogP contribution in [0, 0.1) is 6.92 Å². The summed E-state index contributed by atoms with van der Waals surface area (Å²) in [6.45, 7) is 2.00. The second-order valence-corrected chi connectivity index (χ2v) is 4.78. The molecule has 1 aromatic heterocycles. The number of hydrogen-bond acceptors (Lipinski definition) is 2. The highest BCUT2D eigenvalue weighted by atomic mass is 79.9. The highest BCUT2D eigenvalue weighted by molar-refractivity contribution is 9.10. The van der Waals surface area contributed by atoms with E-state index in [9.17, 15) is 0 Å². The van der Waals surface area contributed by atoms with Crippen molar-refractivity contribution in [1.29, 1.82) is 0 Å². The highest BCUT2D eigenvalue weighted by Crippen LogP contribution is 2.36. The first-order valence-corrected chi connectivity index (χ1v) is 5.79. The number of benzene rings is 1. The predicted octanol–water partition coefficient (Wildman–Crippen LogP) is 3.51. The van der Waals surface area contributed by atoms with E-state index < -0.39 is 0 Å². The molecule has 15 heavy (non-hydrogen) atoms. The van der Waals surface area contributed by atoms with Crippen LogP contribution in [0.3, 0.4) is 0 Å². The van der Waals surface area contributed by atoms with Gasteiger partial charge in [-0.25, -0.2) is 0 Å². The lowest BCUT2D eigenvalue weighted by atomic mass is 9.89. The average Bonchev–Trinajstić information content (AvgIpc) is 2.60. The molecule has 0 saturated carbocycles. The molecule has 0 bridgehead atoms. The Morgan fingerprint density at radius 1 is 1.33 bits per heavy atom. The van der Waals surface area contributed by atoms with Gasteiger partial charge in [0.05, 0.1) is 5.69 Å². The summed E-state index contributed by atoms with van der Waals surface area (Å²) in [4.78, 5) is 0. The van der Waals surface area contributed by atoms with Crippen LogP contribution in [0.15, 0.2) is 27.2 Å². The molecule has 0 aliphatic heterocycles. The van der Waals surface area contributed by atoms with Gasteiger partial charge in [0.15, 0.2) is 0 Å². The first kappa shape index (κ1) is 9.16. The van der Waals surface area contributed by atoms with Gasteiger partial charge < -0.3 is 4.52 Å². The van der Waals surface area contributed by atoms with Crippen LogP contribution in [0.2, 0.25) is 0 Å². The van der Waals surface area contributed by atoms with Crippen LogP contribution in [0.25, 0.3) is 11.1 Å². The third-order valence-electron chi connectivity index (χ3n) is 2.89. The molecule has 0 radical (unpaired) electrons. The summed E-state index contributed by atoms with van der Waals surface area (Å²) in [6, 6.07) is 6.40. The minimum absolute atomic E-state index is 0.958. The van der Waals surface area contributed by atoms with Gasteiger partial charge in [0.2, 0.25) is 0 Å². The van der Waals surface area contributed by atoms with Crippen LogP contribution in [0.4, 0.5) is 0 Å². The zero-order valence-corrected chi connectivity index (χ0v) is 9.97. The second kappa shape index (κ2) is 3.20. The van der Waals surface area contributed by atoms with Crippen LogP contribution >= 0.6 is 15.9 Å². The van der Waals surface area contributed by atoms with E-state index in [4.69, 9.17) is 4.52 Å². The maximum absolute atomic E-state index is 5.31. The van der Waals surface area contributed by atoms with Crippen LogP contribution in [0.1, 0.15) is 17.0 Å². The van der Waals surface area contributed by atoms with Gasteiger partial charge in [-0.3, -0.25) is 0 Å². The van der Waals surface area contributed by atoms with E-state index in [-0.39, 0.29) is 0 Å². The Labute approximate surface area is 96.4 Å². The summed E-state index contributed by atoms with van der Waals surface area (Å²) in [7, 11) is 0. The topological polar surface area (TPSA) is 26.0 Å². The summed E-state index contributed by atoms with van der Waals surface area (Å²) in [6.07, 6.45) is 2.00. The molecule has 1 heterocycles. The number of aromatic nitrogens is 1. The lowest BCUT2D eigenvalue weighted by molar-refractivity contribution is 0.379. The number of rotatable bonds is 0. The third kappa shape index (κ3) is 1.34. The number of halogens is 1. The van der Waals surface area contributed by atoms with Crippen molar-refractivity contribution >= 4 is 15.9 Å². The number of aryl methyl sites for hydroxylation is 3. The Kier molecular flexibility index (Phi) is 1.96. The van der Waals surface area contributed by atoms with E-state index in [0.717, 1.165) is 28.8 Å². The van der Waals surface area contributed by atoms with Crippen molar-refractivity contribution in [1.82, 2.24) is 5.16 Å². The molecule has 0 unspecified atom stereocenters. The summed E-state index contributed by atoms with van der Waals surface area (Å²) < 4.78 is 6.45. The zero-order chi connectivity index (χ0) is 10.4. The molecule has 2 aromatic rings. The summed E-state index contributed by atoms with van der Waals surface area (Å²) in [5.41, 5.74) is 4.85. The summed E-state index contributed by atoms with van der Waals surface area (Å²) in [5, 5.41) is 4.03. The van der Waals surface area contributed by atoms with Crippen molar-refractivity contribution in [3.63, 3.8) is 0 Å². The molecule has 0 fully saturated rings. The molecular weight excluding hydrogens is 254 g/mol. The standard InChI is InChI=1S/C12H10BrNO/c1-7-12-10-4-3-9(13)6-8(10)2-5-11(12)15-14-7/h3-4,6H,2,5H2,1H3. The van der Waals surface area contributed by atoms with Crippen molar-refractivity contribution in [2.75, 3.05) is 0 Å². The molecule has 0 N–H and O–H groups in total. The fourth-order valence-corrected chi connectivity index (χ4v) is 2.60. The molecular formula is C12H10BrNO. The van der Waals surface area contributed by atoms with Gasteiger partial charge in [0.1, 0.15) is 5.76 Å². The maximum atomic E-state index is 5.31. The van der Waals surface area contributed by atoms with Crippen molar-refractivity contribution in [2.24, 2.45) is 0 Å². The van der Waals surface area contributed by atoms with E-state index >= 15 is 0 Å². The van der Waals surface area contributed by atoms with Gasteiger partial charge in [0, 0.05) is 16.5 Å². The van der Waals surface area contributed by atoms with Crippen molar-refractivity contribution in [2.45, 2.75) is 19.8 Å². The maximum Gasteiger partial charge on any atom is 0.145 e. The average molecular weight is 264 g/mol. The number of nitrogens with zero attached hydrogens (tertiary/aromatic N) is 1. The molecule has 1 aromatic carbocycles. The Morgan fingerprint density at radius 3 is 3.07 bits per heavy atom. The van der Waals surface area contributed by atoms with Crippen LogP contribution < -0.4 is 0 Å². The molecule has 3 heteroatoms. The Balaban J connectivity index is 2.29. The van der Waals surface area contributed by atoms with Crippen molar-refractivity contribution in [3.05, 3.63) is 39.7 Å². The Bertz CT molecular complexity index is 530. The van der Waals surface area contributed by atoms with Crippen LogP contribution in [0.5, 0.6) is 0 Å². The number of hydrogen-bond donors (Lipinski definition) is 0. The first-order chi connectivity index (χ1) is 7.25. The van der Waals surface area contributed by atoms with E-state index in [2.05, 4.69) is 39.3 Å². The predicted molar refractivity (Wildman–Crippen MR) is 61.8 cm³/mol. The molecule has 3 rings (SSSR count). The molecule has 0 spiro atoms. The quantitative estimate of drug-likeness (QED) is 0.727. The highest BCUT2D eigenvalue weighted by Gasteiger charge is 2.22. The largest absolute Gasteiger partial charge is 0.360 e. The Morgan fingerprint density at radius 2 is 2.20 bits per heavy atom. The molecule has 0 atom stereocenters. The van der Waals surface area contributed by atoms with Crippen LogP contribution in [-0.4, -0.2) is 5.16 Å². The SMILES string of the molecule is Cc1noc2c1-c1ccc(Br)cc1CC2. The van der Waals surface area contributed by atoms with E-state index in [1.54, 1.807) is 0 Å². The molecule has 1 aliphatic rings. The summed E-state index contributed by atoms with van der Waals surface area (Å²) >= 11 is 3.50. The molecule has 2 nitrogen and oxygen atoms in total. The monoisotopic (exact) mass is 263 g/mol. The lowest BCUT2D eigenvalue weighted by Crippen LogP contribution is -2.02. The van der Waals surface area contributed by atoms with Gasteiger partial charge in [0.25, 0.3) is 0 Å². The van der Waals surface area contributed by atoms with Crippen molar-refractivity contribution < 1.29 is 4.52 Å². The third-order valence-corrected chi connectivity index (χ3v) is 3.38. The lowest BCUT2D eigenvalue weighted by Gasteiger charge is -2.15. The van der Waals surface area contributed by atoms with Gasteiger partial charge in [-0.15, -0.1) is 0 Å². The van der Waals surface area contributed by atoms with E-state index in [0.29, 0.717) is 0 Å². The molecule has 0 saturated heterocycles. The fourth-order valence-electron chi connectivity index (χ4n) is 2.19. The summed E-state index contributed by atoms with van der Waals surface area (Å²) in [5.74, 6) is 1.03. The van der Waals surface area contributed by atoms with E-state index in [1.165, 1.54) is 16.7 Å². The molecule has 1 aliphatic carbocycles.